The average molecular weight is 266 g/mol. The molecule has 0 aliphatic carbocycles. The number of hydrogen-bond donors (Lipinski definition) is 0. The van der Waals surface area contributed by atoms with Gasteiger partial charge in [-0.05, 0) is 25.3 Å². The van der Waals surface area contributed by atoms with E-state index in [0.29, 0.717) is 11.9 Å². The Hall–Kier alpha value is -1.20. The van der Waals surface area contributed by atoms with Crippen LogP contribution in [0.25, 0.3) is 0 Å². The van der Waals surface area contributed by atoms with Crippen molar-refractivity contribution in [2.75, 3.05) is 26.3 Å². The van der Waals surface area contributed by atoms with Crippen LogP contribution in [0.15, 0.2) is 18.2 Å². The molecule has 1 atom stereocenters. The third kappa shape index (κ3) is 3.22. The highest BCUT2D eigenvalue weighted by atomic mass is 19.1. The van der Waals surface area contributed by atoms with E-state index in [1.807, 2.05) is 0 Å². The summed E-state index contributed by atoms with van der Waals surface area (Å²) in [5, 5.41) is 0. The van der Waals surface area contributed by atoms with E-state index < -0.39 is 5.95 Å². The van der Waals surface area contributed by atoms with Crippen LogP contribution in [-0.4, -0.2) is 48.3 Å². The van der Waals surface area contributed by atoms with Crippen LogP contribution < -0.4 is 4.74 Å². The summed E-state index contributed by atoms with van der Waals surface area (Å²) in [6.07, 6.45) is 3.31. The molecule has 0 aromatic carbocycles. The molecule has 2 fully saturated rings. The molecule has 2 saturated heterocycles. The van der Waals surface area contributed by atoms with Gasteiger partial charge in [-0.3, -0.25) is 4.90 Å². The summed E-state index contributed by atoms with van der Waals surface area (Å²) in [6, 6.07) is 5.28. The summed E-state index contributed by atoms with van der Waals surface area (Å²) in [5.41, 5.74) is 0. The summed E-state index contributed by atoms with van der Waals surface area (Å²) in [6.45, 7) is 3.67. The summed E-state index contributed by atoms with van der Waals surface area (Å²) in [4.78, 5) is 6.21. The number of aromatic nitrogens is 1. The molecular formula is C14H19FN2O2. The van der Waals surface area contributed by atoms with Crippen molar-refractivity contribution in [1.82, 2.24) is 9.88 Å². The van der Waals surface area contributed by atoms with Crippen LogP contribution in [-0.2, 0) is 4.74 Å². The lowest BCUT2D eigenvalue weighted by Crippen LogP contribution is -2.38. The van der Waals surface area contributed by atoms with Gasteiger partial charge in [0.15, 0.2) is 0 Å². The van der Waals surface area contributed by atoms with Gasteiger partial charge in [0, 0.05) is 38.4 Å². The number of likely N-dealkylation sites (tertiary alicyclic amines) is 1. The Balaban J connectivity index is 1.54. The number of halogens is 1. The quantitative estimate of drug-likeness (QED) is 0.782. The van der Waals surface area contributed by atoms with Crippen molar-refractivity contribution in [2.24, 2.45) is 0 Å². The summed E-state index contributed by atoms with van der Waals surface area (Å²) in [7, 11) is 0. The van der Waals surface area contributed by atoms with Crippen molar-refractivity contribution in [1.29, 1.82) is 0 Å². The zero-order chi connectivity index (χ0) is 13.1. The van der Waals surface area contributed by atoms with Crippen molar-refractivity contribution in [3.8, 4) is 5.88 Å². The van der Waals surface area contributed by atoms with Crippen LogP contribution in [0.2, 0.25) is 0 Å². The minimum Gasteiger partial charge on any atom is -0.473 e. The maximum atomic E-state index is 13.0. The van der Waals surface area contributed by atoms with Crippen LogP contribution >= 0.6 is 0 Å². The second-order valence-electron chi connectivity index (χ2n) is 5.17. The largest absolute Gasteiger partial charge is 0.473 e. The van der Waals surface area contributed by atoms with Gasteiger partial charge in [0.1, 0.15) is 6.10 Å². The van der Waals surface area contributed by atoms with Crippen molar-refractivity contribution >= 4 is 0 Å². The molecule has 104 valence electrons. The van der Waals surface area contributed by atoms with Gasteiger partial charge in [0.05, 0.1) is 0 Å². The molecule has 0 saturated carbocycles. The van der Waals surface area contributed by atoms with Gasteiger partial charge in [0.25, 0.3) is 0 Å². The zero-order valence-corrected chi connectivity index (χ0v) is 10.9. The maximum absolute atomic E-state index is 13.0. The molecule has 0 bridgehead atoms. The minimum atomic E-state index is -0.489. The molecular weight excluding hydrogens is 247 g/mol. The van der Waals surface area contributed by atoms with Gasteiger partial charge in [-0.2, -0.15) is 9.37 Å². The molecule has 19 heavy (non-hydrogen) atoms. The topological polar surface area (TPSA) is 34.6 Å². The van der Waals surface area contributed by atoms with Gasteiger partial charge in [0.2, 0.25) is 11.8 Å². The second-order valence-corrected chi connectivity index (χ2v) is 5.17. The normalized spacial score (nSPS) is 25.6. The Bertz CT molecular complexity index is 424. The molecule has 1 aromatic heterocycles. The summed E-state index contributed by atoms with van der Waals surface area (Å²) in [5.74, 6) is -0.101. The molecule has 0 radical (unpaired) electrons. The average Bonchev–Trinajstić information content (AvgIpc) is 2.88. The molecule has 3 rings (SSSR count). The van der Waals surface area contributed by atoms with Gasteiger partial charge in [-0.1, -0.05) is 6.07 Å². The first-order chi connectivity index (χ1) is 9.31. The predicted octanol–water partition coefficient (Wildman–Crippen LogP) is 1.85. The van der Waals surface area contributed by atoms with E-state index in [0.717, 1.165) is 45.6 Å². The Kier molecular flexibility index (Phi) is 3.94. The SMILES string of the molecule is Fc1cccc(OC2CCN(C3CCOCC3)C2)n1. The summed E-state index contributed by atoms with van der Waals surface area (Å²) >= 11 is 0. The monoisotopic (exact) mass is 266 g/mol. The zero-order valence-electron chi connectivity index (χ0n) is 10.9. The van der Waals surface area contributed by atoms with Gasteiger partial charge >= 0.3 is 0 Å². The lowest BCUT2D eigenvalue weighted by molar-refractivity contribution is 0.0386. The number of nitrogens with zero attached hydrogens (tertiary/aromatic N) is 2. The van der Waals surface area contributed by atoms with Crippen LogP contribution in [0.5, 0.6) is 5.88 Å². The van der Waals surface area contributed by atoms with Crippen LogP contribution in [0.3, 0.4) is 0 Å². The molecule has 4 nitrogen and oxygen atoms in total. The van der Waals surface area contributed by atoms with Crippen LogP contribution in [0.1, 0.15) is 19.3 Å². The number of pyridine rings is 1. The fourth-order valence-corrected chi connectivity index (χ4v) is 2.86. The van der Waals surface area contributed by atoms with E-state index in [1.54, 1.807) is 12.1 Å². The highest BCUT2D eigenvalue weighted by molar-refractivity contribution is 5.11. The van der Waals surface area contributed by atoms with Crippen LogP contribution in [0, 0.1) is 5.95 Å². The maximum Gasteiger partial charge on any atom is 0.216 e. The summed E-state index contributed by atoms with van der Waals surface area (Å²) < 4.78 is 24.1. The second kappa shape index (κ2) is 5.84. The highest BCUT2D eigenvalue weighted by Crippen LogP contribution is 2.22. The first-order valence-corrected chi connectivity index (χ1v) is 6.92. The van der Waals surface area contributed by atoms with Gasteiger partial charge in [-0.15, -0.1) is 0 Å². The van der Waals surface area contributed by atoms with E-state index in [-0.39, 0.29) is 6.10 Å². The molecule has 2 aliphatic heterocycles. The molecule has 0 spiro atoms. The van der Waals surface area contributed by atoms with Crippen molar-refractivity contribution in [2.45, 2.75) is 31.4 Å². The van der Waals surface area contributed by atoms with Crippen molar-refractivity contribution in [3.63, 3.8) is 0 Å². The molecule has 1 aromatic rings. The first-order valence-electron chi connectivity index (χ1n) is 6.92. The Labute approximate surface area is 112 Å². The van der Waals surface area contributed by atoms with Gasteiger partial charge in [-0.25, -0.2) is 0 Å². The third-order valence-corrected chi connectivity index (χ3v) is 3.86. The predicted molar refractivity (Wildman–Crippen MR) is 68.6 cm³/mol. The standard InChI is InChI=1S/C14H19FN2O2/c15-13-2-1-3-14(16-13)19-12-4-7-17(10-12)11-5-8-18-9-6-11/h1-3,11-12H,4-10H2. The van der Waals surface area contributed by atoms with E-state index in [1.165, 1.54) is 6.07 Å². The smallest absolute Gasteiger partial charge is 0.216 e. The van der Waals surface area contributed by atoms with Crippen molar-refractivity contribution in [3.05, 3.63) is 24.1 Å². The molecule has 0 N–H and O–H groups in total. The Morgan fingerprint density at radius 1 is 1.26 bits per heavy atom. The van der Waals surface area contributed by atoms with Crippen molar-refractivity contribution < 1.29 is 13.9 Å². The van der Waals surface area contributed by atoms with E-state index in [4.69, 9.17) is 9.47 Å². The molecule has 5 heteroatoms. The molecule has 3 heterocycles. The number of rotatable bonds is 3. The van der Waals surface area contributed by atoms with E-state index in [2.05, 4.69) is 9.88 Å². The fraction of sp³-hybridized carbons (Fsp3) is 0.643. The first kappa shape index (κ1) is 12.8. The van der Waals surface area contributed by atoms with Crippen LogP contribution in [0.4, 0.5) is 4.39 Å². The Morgan fingerprint density at radius 2 is 2.11 bits per heavy atom. The fourth-order valence-electron chi connectivity index (χ4n) is 2.86. The third-order valence-electron chi connectivity index (χ3n) is 3.86. The molecule has 0 amide bonds. The lowest BCUT2D eigenvalue weighted by Gasteiger charge is -2.30. The number of ether oxygens (including phenoxy) is 2. The lowest BCUT2D eigenvalue weighted by atomic mass is 10.1. The molecule has 1 unspecified atom stereocenters. The Morgan fingerprint density at radius 3 is 2.89 bits per heavy atom. The minimum absolute atomic E-state index is 0.122. The number of hydrogen-bond acceptors (Lipinski definition) is 4. The molecule has 2 aliphatic rings. The highest BCUT2D eigenvalue weighted by Gasteiger charge is 2.30. The van der Waals surface area contributed by atoms with Gasteiger partial charge < -0.3 is 9.47 Å². The van der Waals surface area contributed by atoms with E-state index >= 15 is 0 Å². The van der Waals surface area contributed by atoms with E-state index in [9.17, 15) is 4.39 Å².